The number of carbonyl (C=O) groups is 1. The van der Waals surface area contributed by atoms with Gasteiger partial charge in [0.05, 0.1) is 22.2 Å². The van der Waals surface area contributed by atoms with Gasteiger partial charge in [0, 0.05) is 0 Å². The molecule has 20 heavy (non-hydrogen) atoms. The predicted octanol–water partition coefficient (Wildman–Crippen LogP) is 4.24. The van der Waals surface area contributed by atoms with Crippen LogP contribution in [0, 0.1) is 5.41 Å². The van der Waals surface area contributed by atoms with E-state index in [0.717, 1.165) is 23.9 Å². The Balaban J connectivity index is 2.58. The third-order valence-electron chi connectivity index (χ3n) is 2.20. The molecule has 2 nitrogen and oxygen atoms in total. The zero-order chi connectivity index (χ0) is 15.2. The maximum absolute atomic E-state index is 12.3. The Morgan fingerprint density at radius 1 is 1.30 bits per heavy atom. The lowest BCUT2D eigenvalue weighted by atomic mass is 10.1. The second kappa shape index (κ2) is 7.50. The highest BCUT2D eigenvalue weighted by atomic mass is 35.5. The van der Waals surface area contributed by atoms with Crippen LogP contribution in [-0.2, 0) is 11.0 Å². The molecule has 0 radical (unpaired) electrons. The number of halogens is 4. The first-order chi connectivity index (χ1) is 9.32. The SMILES string of the molecule is N=C(C=Cc1ccc(C(F)(F)F)cc1)SCC(=O)CCl. The summed E-state index contributed by atoms with van der Waals surface area (Å²) in [6, 6.07) is 4.60. The number of Topliss-reactive ketones (excluding diaryl/α,β-unsaturated/α-hetero) is 1. The number of thioether (sulfide) groups is 1. The first-order valence-corrected chi connectivity index (χ1v) is 6.99. The maximum atomic E-state index is 12.3. The molecule has 0 aliphatic rings. The summed E-state index contributed by atoms with van der Waals surface area (Å²) in [7, 11) is 0. The molecule has 108 valence electrons. The van der Waals surface area contributed by atoms with E-state index >= 15 is 0 Å². The minimum Gasteiger partial charge on any atom is -0.297 e. The third-order valence-corrected chi connectivity index (χ3v) is 3.41. The summed E-state index contributed by atoms with van der Waals surface area (Å²) in [6.07, 6.45) is -1.41. The van der Waals surface area contributed by atoms with Crippen LogP contribution in [0.1, 0.15) is 11.1 Å². The lowest BCUT2D eigenvalue weighted by molar-refractivity contribution is -0.137. The molecule has 1 N–H and O–H groups in total. The normalized spacial score (nSPS) is 11.8. The van der Waals surface area contributed by atoms with Gasteiger partial charge in [-0.1, -0.05) is 30.0 Å². The number of hydrogen-bond acceptors (Lipinski definition) is 3. The average Bonchev–Trinajstić information content (AvgIpc) is 2.41. The Bertz CT molecular complexity index is 511. The average molecular weight is 322 g/mol. The smallest absolute Gasteiger partial charge is 0.297 e. The Morgan fingerprint density at radius 2 is 1.90 bits per heavy atom. The monoisotopic (exact) mass is 321 g/mol. The fourth-order valence-corrected chi connectivity index (χ4v) is 1.99. The molecule has 1 rings (SSSR count). The quantitative estimate of drug-likeness (QED) is 0.501. The second-order valence-electron chi connectivity index (χ2n) is 3.78. The lowest BCUT2D eigenvalue weighted by Crippen LogP contribution is -2.04. The molecule has 7 heteroatoms. The molecule has 1 aromatic rings. The molecule has 0 fully saturated rings. The number of carbonyl (C=O) groups excluding carboxylic acids is 1. The molecule has 0 saturated carbocycles. The van der Waals surface area contributed by atoms with E-state index in [-0.39, 0.29) is 22.5 Å². The van der Waals surface area contributed by atoms with Crippen LogP contribution in [0.15, 0.2) is 30.3 Å². The van der Waals surface area contributed by atoms with Crippen LogP contribution in [0.25, 0.3) is 6.08 Å². The van der Waals surface area contributed by atoms with E-state index in [4.69, 9.17) is 17.0 Å². The summed E-state index contributed by atoms with van der Waals surface area (Å²) in [5, 5.41) is 7.69. The summed E-state index contributed by atoms with van der Waals surface area (Å²) >= 11 is 6.34. The first-order valence-electron chi connectivity index (χ1n) is 5.47. The van der Waals surface area contributed by atoms with E-state index in [1.807, 2.05) is 0 Å². The number of alkyl halides is 4. The van der Waals surface area contributed by atoms with E-state index in [1.165, 1.54) is 24.3 Å². The van der Waals surface area contributed by atoms with Gasteiger partial charge in [-0.2, -0.15) is 13.2 Å². The summed E-state index contributed by atoms with van der Waals surface area (Å²) in [5.41, 5.74) is -0.168. The highest BCUT2D eigenvalue weighted by Gasteiger charge is 2.29. The molecule has 0 spiro atoms. The van der Waals surface area contributed by atoms with E-state index in [1.54, 1.807) is 0 Å². The zero-order valence-corrected chi connectivity index (χ0v) is 11.8. The number of rotatable bonds is 5. The van der Waals surface area contributed by atoms with Gasteiger partial charge in [-0.25, -0.2) is 0 Å². The van der Waals surface area contributed by atoms with Crippen molar-refractivity contribution in [2.24, 2.45) is 0 Å². The van der Waals surface area contributed by atoms with E-state index in [2.05, 4.69) is 0 Å². The molecule has 0 aliphatic carbocycles. The minimum absolute atomic E-state index is 0.0943. The van der Waals surface area contributed by atoms with Gasteiger partial charge in [0.1, 0.15) is 0 Å². The lowest BCUT2D eigenvalue weighted by Gasteiger charge is -2.05. The summed E-state index contributed by atoms with van der Waals surface area (Å²) in [4.78, 5) is 10.9. The van der Waals surface area contributed by atoms with Crippen LogP contribution < -0.4 is 0 Å². The van der Waals surface area contributed by atoms with Gasteiger partial charge in [-0.3, -0.25) is 10.2 Å². The van der Waals surface area contributed by atoms with Crippen molar-refractivity contribution in [3.8, 4) is 0 Å². The standard InChI is InChI=1S/C13H11ClF3NOS/c14-7-11(19)8-20-12(18)6-3-9-1-4-10(5-2-9)13(15,16)17/h1-6,18H,7-8H2. The molecular weight excluding hydrogens is 311 g/mol. The molecular formula is C13H11ClF3NOS. The summed E-state index contributed by atoms with van der Waals surface area (Å²) < 4.78 is 37.0. The van der Waals surface area contributed by atoms with E-state index < -0.39 is 11.7 Å². The fourth-order valence-electron chi connectivity index (χ4n) is 1.20. The van der Waals surface area contributed by atoms with Crippen molar-refractivity contribution in [1.82, 2.24) is 0 Å². The van der Waals surface area contributed by atoms with Crippen molar-refractivity contribution in [2.45, 2.75) is 6.18 Å². The van der Waals surface area contributed by atoms with Gasteiger partial charge in [0.15, 0.2) is 5.78 Å². The number of hydrogen-bond donors (Lipinski definition) is 1. The summed E-state index contributed by atoms with van der Waals surface area (Å²) in [6.45, 7) is 0. The topological polar surface area (TPSA) is 40.9 Å². The van der Waals surface area contributed by atoms with Crippen LogP contribution in [-0.4, -0.2) is 22.5 Å². The molecule has 1 aromatic carbocycles. The van der Waals surface area contributed by atoms with Crippen LogP contribution in [0.4, 0.5) is 13.2 Å². The first kappa shape index (κ1) is 16.8. The van der Waals surface area contributed by atoms with Crippen LogP contribution >= 0.6 is 23.4 Å². The van der Waals surface area contributed by atoms with Gasteiger partial charge in [-0.15, -0.1) is 11.6 Å². The third kappa shape index (κ3) is 5.79. The predicted molar refractivity (Wildman–Crippen MR) is 76.4 cm³/mol. The van der Waals surface area contributed by atoms with Crippen molar-refractivity contribution >= 4 is 40.3 Å². The van der Waals surface area contributed by atoms with Crippen molar-refractivity contribution < 1.29 is 18.0 Å². The van der Waals surface area contributed by atoms with E-state index in [0.29, 0.717) is 5.56 Å². The largest absolute Gasteiger partial charge is 0.416 e. The van der Waals surface area contributed by atoms with Crippen LogP contribution in [0.5, 0.6) is 0 Å². The van der Waals surface area contributed by atoms with E-state index in [9.17, 15) is 18.0 Å². The van der Waals surface area contributed by atoms with Gasteiger partial charge in [-0.05, 0) is 23.8 Å². The van der Waals surface area contributed by atoms with Crippen LogP contribution in [0.2, 0.25) is 0 Å². The Hall–Kier alpha value is -1.27. The Labute approximate surface area is 123 Å². The molecule has 0 atom stereocenters. The molecule has 0 aliphatic heterocycles. The highest BCUT2D eigenvalue weighted by Crippen LogP contribution is 2.29. The maximum Gasteiger partial charge on any atom is 0.416 e. The molecule has 0 bridgehead atoms. The second-order valence-corrected chi connectivity index (χ2v) is 5.06. The molecule has 0 saturated heterocycles. The van der Waals surface area contributed by atoms with Gasteiger partial charge >= 0.3 is 6.18 Å². The van der Waals surface area contributed by atoms with Crippen molar-refractivity contribution in [3.05, 3.63) is 41.5 Å². The number of ketones is 1. The molecule has 0 unspecified atom stereocenters. The molecule has 0 heterocycles. The van der Waals surface area contributed by atoms with Gasteiger partial charge in [0.2, 0.25) is 0 Å². The molecule has 0 aromatic heterocycles. The van der Waals surface area contributed by atoms with Gasteiger partial charge < -0.3 is 0 Å². The highest BCUT2D eigenvalue weighted by molar-refractivity contribution is 8.14. The Kier molecular flexibility index (Phi) is 6.29. The van der Waals surface area contributed by atoms with Crippen molar-refractivity contribution in [2.75, 3.05) is 11.6 Å². The van der Waals surface area contributed by atoms with Gasteiger partial charge in [0.25, 0.3) is 0 Å². The van der Waals surface area contributed by atoms with Crippen LogP contribution in [0.3, 0.4) is 0 Å². The zero-order valence-electron chi connectivity index (χ0n) is 10.2. The van der Waals surface area contributed by atoms with Crippen molar-refractivity contribution in [3.63, 3.8) is 0 Å². The van der Waals surface area contributed by atoms with Crippen molar-refractivity contribution in [1.29, 1.82) is 5.41 Å². The Morgan fingerprint density at radius 3 is 2.40 bits per heavy atom. The number of nitrogens with one attached hydrogen (secondary N) is 1. The molecule has 0 amide bonds. The number of benzene rings is 1. The summed E-state index contributed by atoms with van der Waals surface area (Å²) in [5.74, 6) is -0.160. The fraction of sp³-hybridized carbons (Fsp3) is 0.231. The minimum atomic E-state index is -4.35.